The molecule has 0 bridgehead atoms. The van der Waals surface area contributed by atoms with Crippen molar-refractivity contribution in [2.45, 2.75) is 13.3 Å². The molecule has 3 N–H and O–H groups in total. The SMILES string of the molecule is CCCNCC(=O)Nc1cccc(NC(=O)c2ccccc2)c1. The number of hydrogen-bond donors (Lipinski definition) is 3. The van der Waals surface area contributed by atoms with E-state index in [2.05, 4.69) is 16.0 Å². The topological polar surface area (TPSA) is 70.2 Å². The van der Waals surface area contributed by atoms with Crippen molar-refractivity contribution >= 4 is 23.2 Å². The van der Waals surface area contributed by atoms with Crippen molar-refractivity contribution in [2.24, 2.45) is 0 Å². The zero-order valence-corrected chi connectivity index (χ0v) is 13.1. The van der Waals surface area contributed by atoms with E-state index in [1.54, 1.807) is 36.4 Å². The van der Waals surface area contributed by atoms with Crippen LogP contribution >= 0.6 is 0 Å². The first-order chi connectivity index (χ1) is 11.2. The van der Waals surface area contributed by atoms with Crippen LogP contribution in [0.4, 0.5) is 11.4 Å². The fraction of sp³-hybridized carbons (Fsp3) is 0.222. The third-order valence-electron chi connectivity index (χ3n) is 3.15. The molecule has 120 valence electrons. The Morgan fingerprint density at radius 1 is 0.913 bits per heavy atom. The van der Waals surface area contributed by atoms with Crippen LogP contribution in [0.15, 0.2) is 54.6 Å². The molecule has 0 spiro atoms. The number of carbonyl (C=O) groups is 2. The van der Waals surface area contributed by atoms with E-state index in [4.69, 9.17) is 0 Å². The van der Waals surface area contributed by atoms with Gasteiger partial charge in [0.25, 0.3) is 5.91 Å². The summed E-state index contributed by atoms with van der Waals surface area (Å²) in [6, 6.07) is 16.1. The Bertz CT molecular complexity index is 656. The van der Waals surface area contributed by atoms with Gasteiger partial charge in [0, 0.05) is 16.9 Å². The number of anilines is 2. The molecule has 5 nitrogen and oxygen atoms in total. The standard InChI is InChI=1S/C18H21N3O2/c1-2-11-19-13-17(22)20-15-9-6-10-16(12-15)21-18(23)14-7-4-3-5-8-14/h3-10,12,19H,2,11,13H2,1H3,(H,20,22)(H,21,23). The summed E-state index contributed by atoms with van der Waals surface area (Å²) in [4.78, 5) is 23.9. The van der Waals surface area contributed by atoms with Crippen molar-refractivity contribution in [2.75, 3.05) is 23.7 Å². The Kier molecular flexibility index (Phi) is 6.32. The Labute approximate surface area is 136 Å². The molecule has 0 unspecified atom stereocenters. The predicted molar refractivity (Wildman–Crippen MR) is 92.6 cm³/mol. The molecule has 0 aliphatic rings. The molecular weight excluding hydrogens is 290 g/mol. The number of amides is 2. The minimum atomic E-state index is -0.182. The van der Waals surface area contributed by atoms with Crippen molar-refractivity contribution < 1.29 is 9.59 Å². The van der Waals surface area contributed by atoms with Gasteiger partial charge in [-0.25, -0.2) is 0 Å². The van der Waals surface area contributed by atoms with E-state index in [-0.39, 0.29) is 18.4 Å². The van der Waals surface area contributed by atoms with Crippen LogP contribution in [0.1, 0.15) is 23.7 Å². The maximum atomic E-state index is 12.1. The minimum Gasteiger partial charge on any atom is -0.325 e. The van der Waals surface area contributed by atoms with Crippen molar-refractivity contribution in [3.63, 3.8) is 0 Å². The van der Waals surface area contributed by atoms with Crippen LogP contribution in [0.2, 0.25) is 0 Å². The smallest absolute Gasteiger partial charge is 0.255 e. The Morgan fingerprint density at radius 2 is 1.61 bits per heavy atom. The predicted octanol–water partition coefficient (Wildman–Crippen LogP) is 2.88. The van der Waals surface area contributed by atoms with Gasteiger partial charge in [-0.15, -0.1) is 0 Å². The highest BCUT2D eigenvalue weighted by Crippen LogP contribution is 2.16. The summed E-state index contributed by atoms with van der Waals surface area (Å²) in [5.41, 5.74) is 1.88. The van der Waals surface area contributed by atoms with Crippen LogP contribution < -0.4 is 16.0 Å². The van der Waals surface area contributed by atoms with Crippen molar-refractivity contribution in [3.8, 4) is 0 Å². The molecule has 0 radical (unpaired) electrons. The lowest BCUT2D eigenvalue weighted by atomic mass is 10.2. The Hall–Kier alpha value is -2.66. The second kappa shape index (κ2) is 8.70. The molecule has 2 amide bonds. The van der Waals surface area contributed by atoms with E-state index in [1.165, 1.54) is 0 Å². The summed E-state index contributed by atoms with van der Waals surface area (Å²) >= 11 is 0. The van der Waals surface area contributed by atoms with Gasteiger partial charge in [-0.1, -0.05) is 31.2 Å². The molecule has 0 heterocycles. The van der Waals surface area contributed by atoms with Gasteiger partial charge in [0.15, 0.2) is 0 Å². The van der Waals surface area contributed by atoms with E-state index >= 15 is 0 Å². The molecule has 23 heavy (non-hydrogen) atoms. The molecule has 0 fully saturated rings. The Balaban J connectivity index is 1.94. The second-order valence-corrected chi connectivity index (χ2v) is 5.13. The molecular formula is C18H21N3O2. The maximum absolute atomic E-state index is 12.1. The summed E-state index contributed by atoms with van der Waals surface area (Å²) in [5.74, 6) is -0.288. The largest absolute Gasteiger partial charge is 0.325 e. The van der Waals surface area contributed by atoms with Gasteiger partial charge in [-0.05, 0) is 43.3 Å². The zero-order valence-electron chi connectivity index (χ0n) is 13.1. The number of nitrogens with one attached hydrogen (secondary N) is 3. The Morgan fingerprint density at radius 3 is 2.30 bits per heavy atom. The highest BCUT2D eigenvalue weighted by atomic mass is 16.2. The average molecular weight is 311 g/mol. The molecule has 0 atom stereocenters. The van der Waals surface area contributed by atoms with Gasteiger partial charge in [0.05, 0.1) is 6.54 Å². The first-order valence-corrected chi connectivity index (χ1v) is 7.66. The lowest BCUT2D eigenvalue weighted by Crippen LogP contribution is -2.28. The number of rotatable bonds is 7. The summed E-state index contributed by atoms with van der Waals surface area (Å²) in [6.07, 6.45) is 0.980. The molecule has 2 aromatic carbocycles. The van der Waals surface area contributed by atoms with Gasteiger partial charge >= 0.3 is 0 Å². The van der Waals surface area contributed by atoms with Gasteiger partial charge in [-0.3, -0.25) is 9.59 Å². The van der Waals surface area contributed by atoms with Crippen molar-refractivity contribution in [1.29, 1.82) is 0 Å². The molecule has 2 aromatic rings. The highest BCUT2D eigenvalue weighted by Gasteiger charge is 2.06. The van der Waals surface area contributed by atoms with Crippen LogP contribution in [-0.4, -0.2) is 24.9 Å². The number of carbonyl (C=O) groups excluding carboxylic acids is 2. The molecule has 0 aromatic heterocycles. The first-order valence-electron chi connectivity index (χ1n) is 7.66. The average Bonchev–Trinajstić information content (AvgIpc) is 2.56. The van der Waals surface area contributed by atoms with Crippen LogP contribution in [0, 0.1) is 0 Å². The van der Waals surface area contributed by atoms with E-state index in [0.29, 0.717) is 16.9 Å². The second-order valence-electron chi connectivity index (χ2n) is 5.13. The van der Waals surface area contributed by atoms with E-state index in [9.17, 15) is 9.59 Å². The first kappa shape index (κ1) is 16.7. The van der Waals surface area contributed by atoms with Crippen LogP contribution in [0.25, 0.3) is 0 Å². The summed E-state index contributed by atoms with van der Waals surface area (Å²) < 4.78 is 0. The molecule has 0 saturated heterocycles. The highest BCUT2D eigenvalue weighted by molar-refractivity contribution is 6.04. The van der Waals surface area contributed by atoms with Crippen LogP contribution in [-0.2, 0) is 4.79 Å². The fourth-order valence-corrected chi connectivity index (χ4v) is 2.05. The molecule has 5 heteroatoms. The van der Waals surface area contributed by atoms with E-state index in [1.807, 2.05) is 25.1 Å². The van der Waals surface area contributed by atoms with Gasteiger partial charge in [-0.2, -0.15) is 0 Å². The van der Waals surface area contributed by atoms with E-state index in [0.717, 1.165) is 13.0 Å². The zero-order chi connectivity index (χ0) is 16.5. The van der Waals surface area contributed by atoms with Gasteiger partial charge < -0.3 is 16.0 Å². The molecule has 0 aliphatic carbocycles. The van der Waals surface area contributed by atoms with Crippen LogP contribution in [0.5, 0.6) is 0 Å². The molecule has 0 saturated carbocycles. The number of benzene rings is 2. The van der Waals surface area contributed by atoms with Gasteiger partial charge in [0.2, 0.25) is 5.91 Å². The maximum Gasteiger partial charge on any atom is 0.255 e. The normalized spacial score (nSPS) is 10.1. The third-order valence-corrected chi connectivity index (χ3v) is 3.15. The lowest BCUT2D eigenvalue weighted by molar-refractivity contribution is -0.115. The summed E-state index contributed by atoms with van der Waals surface area (Å²) in [6.45, 7) is 3.12. The van der Waals surface area contributed by atoms with Gasteiger partial charge in [0.1, 0.15) is 0 Å². The summed E-state index contributed by atoms with van der Waals surface area (Å²) in [5, 5.41) is 8.66. The quantitative estimate of drug-likeness (QED) is 0.689. The molecule has 2 rings (SSSR count). The van der Waals surface area contributed by atoms with Crippen molar-refractivity contribution in [3.05, 3.63) is 60.2 Å². The third kappa shape index (κ3) is 5.56. The minimum absolute atomic E-state index is 0.106. The van der Waals surface area contributed by atoms with Crippen molar-refractivity contribution in [1.82, 2.24) is 5.32 Å². The summed E-state index contributed by atoms with van der Waals surface area (Å²) in [7, 11) is 0. The number of hydrogen-bond acceptors (Lipinski definition) is 3. The van der Waals surface area contributed by atoms with Crippen LogP contribution in [0.3, 0.4) is 0 Å². The van der Waals surface area contributed by atoms with E-state index < -0.39 is 0 Å². The lowest BCUT2D eigenvalue weighted by Gasteiger charge is -2.09. The monoisotopic (exact) mass is 311 g/mol. The fourth-order valence-electron chi connectivity index (χ4n) is 2.05. The molecule has 0 aliphatic heterocycles.